The molecule has 82 valence electrons. The summed E-state index contributed by atoms with van der Waals surface area (Å²) < 4.78 is 0. The minimum Gasteiger partial charge on any atom is -0.341 e. The van der Waals surface area contributed by atoms with Gasteiger partial charge in [-0.2, -0.15) is 0 Å². The highest BCUT2D eigenvalue weighted by Gasteiger charge is 2.06. The van der Waals surface area contributed by atoms with Gasteiger partial charge in [0.2, 0.25) is 5.91 Å². The van der Waals surface area contributed by atoms with E-state index >= 15 is 0 Å². The van der Waals surface area contributed by atoms with Crippen LogP contribution in [0.25, 0.3) is 0 Å². The predicted octanol–water partition coefficient (Wildman–Crippen LogP) is 1.51. The van der Waals surface area contributed by atoms with E-state index in [1.165, 1.54) is 0 Å². The summed E-state index contributed by atoms with van der Waals surface area (Å²) in [6, 6.07) is 8.02. The molecule has 1 amide bonds. The molecule has 1 aromatic carbocycles. The van der Waals surface area contributed by atoms with Crippen molar-refractivity contribution in [1.82, 2.24) is 4.90 Å². The molecule has 0 saturated carbocycles. The van der Waals surface area contributed by atoms with Crippen molar-refractivity contribution in [3.05, 3.63) is 35.4 Å². The molecular weight excluding hydrogens is 188 g/mol. The number of carbonyl (C=O) groups excluding carboxylic acids is 1. The molecule has 0 radical (unpaired) electrons. The molecule has 0 aliphatic heterocycles. The predicted molar refractivity (Wildman–Crippen MR) is 61.1 cm³/mol. The molecule has 0 bridgehead atoms. The monoisotopic (exact) mass is 206 g/mol. The number of rotatable bonds is 4. The van der Waals surface area contributed by atoms with Crippen molar-refractivity contribution in [3.8, 4) is 0 Å². The van der Waals surface area contributed by atoms with Gasteiger partial charge in [0.25, 0.3) is 0 Å². The zero-order chi connectivity index (χ0) is 11.3. The third-order valence-electron chi connectivity index (χ3n) is 2.38. The number of hydrogen-bond acceptors (Lipinski definition) is 2. The Bertz CT molecular complexity index is 336. The number of nitrogens with zero attached hydrogens (tertiary/aromatic N) is 1. The van der Waals surface area contributed by atoms with E-state index in [9.17, 15) is 4.79 Å². The largest absolute Gasteiger partial charge is 0.341 e. The molecule has 0 aliphatic rings. The maximum absolute atomic E-state index is 11.4. The van der Waals surface area contributed by atoms with Crippen LogP contribution in [0.2, 0.25) is 0 Å². The van der Waals surface area contributed by atoms with E-state index in [0.717, 1.165) is 11.1 Å². The zero-order valence-electron chi connectivity index (χ0n) is 9.36. The van der Waals surface area contributed by atoms with Gasteiger partial charge in [-0.25, -0.2) is 0 Å². The molecule has 0 saturated heterocycles. The molecule has 2 N–H and O–H groups in total. The summed E-state index contributed by atoms with van der Waals surface area (Å²) in [5.74, 6) is 0.160. The van der Waals surface area contributed by atoms with E-state index in [1.54, 1.807) is 4.90 Å². The van der Waals surface area contributed by atoms with Crippen molar-refractivity contribution < 1.29 is 4.79 Å². The van der Waals surface area contributed by atoms with Crippen molar-refractivity contribution in [2.75, 3.05) is 7.05 Å². The standard InChI is InChI=1S/C12H18N2O/c1-3-12(15)14(2)9-11-6-4-5-10(7-11)8-13/h4-7H,3,8-9,13H2,1-2H3. The first kappa shape index (κ1) is 11.7. The van der Waals surface area contributed by atoms with E-state index in [0.29, 0.717) is 19.5 Å². The Morgan fingerprint density at radius 1 is 1.40 bits per heavy atom. The van der Waals surface area contributed by atoms with E-state index in [4.69, 9.17) is 5.73 Å². The average molecular weight is 206 g/mol. The smallest absolute Gasteiger partial charge is 0.222 e. The highest BCUT2D eigenvalue weighted by Crippen LogP contribution is 2.07. The quantitative estimate of drug-likeness (QED) is 0.811. The fraction of sp³-hybridized carbons (Fsp3) is 0.417. The Labute approximate surface area is 90.9 Å². The van der Waals surface area contributed by atoms with Gasteiger partial charge < -0.3 is 10.6 Å². The van der Waals surface area contributed by atoms with Crippen LogP contribution in [0, 0.1) is 0 Å². The zero-order valence-corrected chi connectivity index (χ0v) is 9.36. The number of amides is 1. The summed E-state index contributed by atoms with van der Waals surface area (Å²) in [6.45, 7) is 3.06. The van der Waals surface area contributed by atoms with Crippen LogP contribution in [-0.2, 0) is 17.9 Å². The number of hydrogen-bond donors (Lipinski definition) is 1. The lowest BCUT2D eigenvalue weighted by Crippen LogP contribution is -2.25. The molecule has 0 heterocycles. The first-order chi connectivity index (χ1) is 7.17. The third-order valence-corrected chi connectivity index (χ3v) is 2.38. The lowest BCUT2D eigenvalue weighted by atomic mass is 10.1. The Hall–Kier alpha value is -1.35. The van der Waals surface area contributed by atoms with Crippen molar-refractivity contribution >= 4 is 5.91 Å². The van der Waals surface area contributed by atoms with Crippen LogP contribution >= 0.6 is 0 Å². The summed E-state index contributed by atoms with van der Waals surface area (Å²) in [5.41, 5.74) is 7.78. The van der Waals surface area contributed by atoms with Crippen LogP contribution in [0.4, 0.5) is 0 Å². The van der Waals surface area contributed by atoms with Gasteiger partial charge in [-0.15, -0.1) is 0 Å². The van der Waals surface area contributed by atoms with Gasteiger partial charge in [0, 0.05) is 26.6 Å². The highest BCUT2D eigenvalue weighted by atomic mass is 16.2. The number of benzene rings is 1. The van der Waals surface area contributed by atoms with Crippen LogP contribution < -0.4 is 5.73 Å². The maximum atomic E-state index is 11.4. The fourth-order valence-electron chi connectivity index (χ4n) is 1.49. The summed E-state index contributed by atoms with van der Waals surface area (Å²) >= 11 is 0. The average Bonchev–Trinajstić information content (AvgIpc) is 2.28. The SMILES string of the molecule is CCC(=O)N(C)Cc1cccc(CN)c1. The van der Waals surface area contributed by atoms with Gasteiger partial charge in [0.1, 0.15) is 0 Å². The Kier molecular flexibility index (Phi) is 4.31. The summed E-state index contributed by atoms with van der Waals surface area (Å²) in [6.07, 6.45) is 0.549. The third kappa shape index (κ3) is 3.36. The van der Waals surface area contributed by atoms with Crippen LogP contribution in [0.1, 0.15) is 24.5 Å². The first-order valence-corrected chi connectivity index (χ1v) is 5.19. The van der Waals surface area contributed by atoms with Gasteiger partial charge >= 0.3 is 0 Å². The lowest BCUT2D eigenvalue weighted by molar-refractivity contribution is -0.130. The molecule has 0 fully saturated rings. The van der Waals surface area contributed by atoms with Gasteiger partial charge in [-0.05, 0) is 11.1 Å². The summed E-state index contributed by atoms with van der Waals surface area (Å²) in [5, 5.41) is 0. The van der Waals surface area contributed by atoms with E-state index in [2.05, 4.69) is 0 Å². The van der Waals surface area contributed by atoms with E-state index in [1.807, 2.05) is 38.2 Å². The Morgan fingerprint density at radius 2 is 2.07 bits per heavy atom. The van der Waals surface area contributed by atoms with E-state index < -0.39 is 0 Å². The van der Waals surface area contributed by atoms with Gasteiger partial charge in [0.05, 0.1) is 0 Å². The van der Waals surface area contributed by atoms with Gasteiger partial charge in [0.15, 0.2) is 0 Å². The second-order valence-corrected chi connectivity index (χ2v) is 3.63. The normalized spacial score (nSPS) is 10.1. The van der Waals surface area contributed by atoms with Crippen LogP contribution in [0.5, 0.6) is 0 Å². The van der Waals surface area contributed by atoms with Crippen LogP contribution in [0.15, 0.2) is 24.3 Å². The van der Waals surface area contributed by atoms with Crippen molar-refractivity contribution in [1.29, 1.82) is 0 Å². The molecule has 0 spiro atoms. The Balaban J connectivity index is 2.67. The second kappa shape index (κ2) is 5.51. The van der Waals surface area contributed by atoms with Crippen LogP contribution in [0.3, 0.4) is 0 Å². The molecule has 3 heteroatoms. The minimum absolute atomic E-state index is 0.160. The Morgan fingerprint density at radius 3 is 2.67 bits per heavy atom. The number of nitrogens with two attached hydrogens (primary N) is 1. The first-order valence-electron chi connectivity index (χ1n) is 5.19. The molecule has 0 unspecified atom stereocenters. The van der Waals surface area contributed by atoms with Crippen LogP contribution in [-0.4, -0.2) is 17.9 Å². The molecule has 1 aromatic rings. The molecule has 0 aliphatic carbocycles. The van der Waals surface area contributed by atoms with E-state index in [-0.39, 0.29) is 5.91 Å². The topological polar surface area (TPSA) is 46.3 Å². The molecule has 0 aromatic heterocycles. The molecule has 15 heavy (non-hydrogen) atoms. The maximum Gasteiger partial charge on any atom is 0.222 e. The molecule has 1 rings (SSSR count). The van der Waals surface area contributed by atoms with Gasteiger partial charge in [-0.3, -0.25) is 4.79 Å². The molecule has 0 atom stereocenters. The van der Waals surface area contributed by atoms with Crippen molar-refractivity contribution in [3.63, 3.8) is 0 Å². The summed E-state index contributed by atoms with van der Waals surface area (Å²) in [7, 11) is 1.82. The van der Waals surface area contributed by atoms with Crippen molar-refractivity contribution in [2.45, 2.75) is 26.4 Å². The summed E-state index contributed by atoms with van der Waals surface area (Å²) in [4.78, 5) is 13.1. The van der Waals surface area contributed by atoms with Crippen molar-refractivity contribution in [2.24, 2.45) is 5.73 Å². The second-order valence-electron chi connectivity index (χ2n) is 3.63. The molecular formula is C12H18N2O. The van der Waals surface area contributed by atoms with Gasteiger partial charge in [-0.1, -0.05) is 31.2 Å². The lowest BCUT2D eigenvalue weighted by Gasteiger charge is -2.16. The number of carbonyl (C=O) groups is 1. The minimum atomic E-state index is 0.160. The highest BCUT2D eigenvalue weighted by molar-refractivity contribution is 5.75. The molecule has 3 nitrogen and oxygen atoms in total. The fourth-order valence-corrected chi connectivity index (χ4v) is 1.49.